The lowest BCUT2D eigenvalue weighted by molar-refractivity contribution is 1.07. The Morgan fingerprint density at radius 3 is 3.08 bits per heavy atom. The Labute approximate surface area is 79.9 Å². The predicted octanol–water partition coefficient (Wildman–Crippen LogP) is 2.19. The van der Waals surface area contributed by atoms with Crippen LogP contribution in [0.25, 0.3) is 6.08 Å². The van der Waals surface area contributed by atoms with E-state index in [0.29, 0.717) is 4.60 Å². The second kappa shape index (κ2) is 4.03. The van der Waals surface area contributed by atoms with Crippen LogP contribution in [-0.2, 0) is 0 Å². The first-order chi connectivity index (χ1) is 5.74. The Balaban J connectivity index is 3.07. The highest BCUT2D eigenvalue weighted by Crippen LogP contribution is 2.09. The maximum Gasteiger partial charge on any atom is 0.125 e. The van der Waals surface area contributed by atoms with Crippen molar-refractivity contribution in [3.05, 3.63) is 28.3 Å². The normalized spacial score (nSPS) is 10.1. The van der Waals surface area contributed by atoms with Crippen LogP contribution in [0.4, 0.5) is 0 Å². The van der Waals surface area contributed by atoms with Crippen molar-refractivity contribution in [3.63, 3.8) is 0 Å². The van der Waals surface area contributed by atoms with Crippen molar-refractivity contribution < 1.29 is 0 Å². The van der Waals surface area contributed by atoms with E-state index in [0.717, 1.165) is 11.4 Å². The SMILES string of the molecule is C#C/C=C\c1nc(Br)cnc1C. The highest BCUT2D eigenvalue weighted by Gasteiger charge is 1.96. The van der Waals surface area contributed by atoms with Gasteiger partial charge in [-0.15, -0.1) is 6.42 Å². The van der Waals surface area contributed by atoms with E-state index >= 15 is 0 Å². The van der Waals surface area contributed by atoms with Gasteiger partial charge in [0.25, 0.3) is 0 Å². The van der Waals surface area contributed by atoms with E-state index in [-0.39, 0.29) is 0 Å². The lowest BCUT2D eigenvalue weighted by Crippen LogP contribution is -1.90. The van der Waals surface area contributed by atoms with Gasteiger partial charge in [0.15, 0.2) is 0 Å². The van der Waals surface area contributed by atoms with E-state index in [1.54, 1.807) is 18.3 Å². The molecule has 0 aliphatic heterocycles. The molecule has 0 radical (unpaired) electrons. The number of aryl methyl sites for hydroxylation is 1. The van der Waals surface area contributed by atoms with Gasteiger partial charge in [0.05, 0.1) is 17.6 Å². The highest BCUT2D eigenvalue weighted by molar-refractivity contribution is 9.10. The molecular weight excluding hydrogens is 216 g/mol. The van der Waals surface area contributed by atoms with Crippen molar-refractivity contribution in [2.24, 2.45) is 0 Å². The molecule has 0 N–H and O–H groups in total. The van der Waals surface area contributed by atoms with Crippen LogP contribution < -0.4 is 0 Å². The molecule has 1 heterocycles. The summed E-state index contributed by atoms with van der Waals surface area (Å²) in [6, 6.07) is 0. The van der Waals surface area contributed by atoms with E-state index in [9.17, 15) is 0 Å². The molecule has 12 heavy (non-hydrogen) atoms. The van der Waals surface area contributed by atoms with Crippen molar-refractivity contribution in [2.45, 2.75) is 6.92 Å². The number of halogens is 1. The second-order valence-electron chi connectivity index (χ2n) is 2.16. The van der Waals surface area contributed by atoms with Crippen LogP contribution in [0.2, 0.25) is 0 Å². The summed E-state index contributed by atoms with van der Waals surface area (Å²) in [5, 5.41) is 0. The summed E-state index contributed by atoms with van der Waals surface area (Å²) in [5.74, 6) is 2.40. The molecule has 0 aromatic carbocycles. The van der Waals surface area contributed by atoms with Gasteiger partial charge in [-0.3, -0.25) is 4.98 Å². The summed E-state index contributed by atoms with van der Waals surface area (Å²) in [4.78, 5) is 8.28. The Kier molecular flexibility index (Phi) is 3.01. The number of terminal acetylenes is 1. The number of aromatic nitrogens is 2. The summed E-state index contributed by atoms with van der Waals surface area (Å²) in [7, 11) is 0. The van der Waals surface area contributed by atoms with Crippen molar-refractivity contribution in [2.75, 3.05) is 0 Å². The van der Waals surface area contributed by atoms with Crippen molar-refractivity contribution in [3.8, 4) is 12.3 Å². The number of rotatable bonds is 1. The molecule has 2 nitrogen and oxygen atoms in total. The maximum absolute atomic E-state index is 5.07. The third kappa shape index (κ3) is 2.18. The average Bonchev–Trinajstić information content (AvgIpc) is 2.07. The molecule has 0 spiro atoms. The average molecular weight is 223 g/mol. The van der Waals surface area contributed by atoms with Crippen LogP contribution >= 0.6 is 15.9 Å². The van der Waals surface area contributed by atoms with Gasteiger partial charge in [0.1, 0.15) is 4.60 Å². The van der Waals surface area contributed by atoms with E-state index < -0.39 is 0 Å². The molecule has 0 aliphatic carbocycles. The molecule has 0 aliphatic rings. The molecule has 0 unspecified atom stereocenters. The van der Waals surface area contributed by atoms with E-state index in [4.69, 9.17) is 6.42 Å². The lowest BCUT2D eigenvalue weighted by Gasteiger charge is -1.97. The third-order valence-electron chi connectivity index (χ3n) is 1.30. The molecular formula is C9H7BrN2. The molecule has 0 amide bonds. The molecule has 1 aromatic heterocycles. The van der Waals surface area contributed by atoms with Gasteiger partial charge in [-0.25, -0.2) is 4.98 Å². The molecule has 0 atom stereocenters. The van der Waals surface area contributed by atoms with Gasteiger partial charge in [-0.05, 0) is 35.0 Å². The Hall–Kier alpha value is -1.14. The number of hydrogen-bond acceptors (Lipinski definition) is 2. The summed E-state index contributed by atoms with van der Waals surface area (Å²) in [5.41, 5.74) is 1.66. The smallest absolute Gasteiger partial charge is 0.125 e. The Morgan fingerprint density at radius 1 is 1.67 bits per heavy atom. The molecule has 0 saturated heterocycles. The van der Waals surface area contributed by atoms with Crippen molar-refractivity contribution >= 4 is 22.0 Å². The zero-order valence-corrected chi connectivity index (χ0v) is 8.17. The molecule has 0 fully saturated rings. The minimum absolute atomic E-state index is 0.713. The standard InChI is InChI=1S/C9H7BrN2/c1-3-4-5-8-7(2)11-6-9(10)12-8/h1,4-6H,2H3/b5-4-. The molecule has 60 valence electrons. The fraction of sp³-hybridized carbons (Fsp3) is 0.111. The third-order valence-corrected chi connectivity index (χ3v) is 1.68. The van der Waals surface area contributed by atoms with Gasteiger partial charge in [0.2, 0.25) is 0 Å². The van der Waals surface area contributed by atoms with Crippen LogP contribution in [0, 0.1) is 19.3 Å². The number of nitrogens with zero attached hydrogens (tertiary/aromatic N) is 2. The second-order valence-corrected chi connectivity index (χ2v) is 2.98. The van der Waals surface area contributed by atoms with E-state index in [2.05, 4.69) is 31.8 Å². The first-order valence-corrected chi connectivity index (χ1v) is 4.15. The highest BCUT2D eigenvalue weighted by atomic mass is 79.9. The first kappa shape index (κ1) is 8.95. The Morgan fingerprint density at radius 2 is 2.42 bits per heavy atom. The zero-order chi connectivity index (χ0) is 8.97. The topological polar surface area (TPSA) is 25.8 Å². The summed E-state index contributed by atoms with van der Waals surface area (Å²) < 4.78 is 0.713. The predicted molar refractivity (Wildman–Crippen MR) is 52.3 cm³/mol. The van der Waals surface area contributed by atoms with Crippen LogP contribution in [-0.4, -0.2) is 9.97 Å². The Bertz CT molecular complexity index is 350. The van der Waals surface area contributed by atoms with Crippen LogP contribution in [0.1, 0.15) is 11.4 Å². The monoisotopic (exact) mass is 222 g/mol. The molecule has 0 bridgehead atoms. The fourth-order valence-corrected chi connectivity index (χ4v) is 1.02. The van der Waals surface area contributed by atoms with E-state index in [1.807, 2.05) is 6.92 Å². The van der Waals surface area contributed by atoms with Crippen LogP contribution in [0.5, 0.6) is 0 Å². The van der Waals surface area contributed by atoms with Gasteiger partial charge >= 0.3 is 0 Å². The quantitative estimate of drug-likeness (QED) is 0.682. The van der Waals surface area contributed by atoms with Crippen molar-refractivity contribution in [1.82, 2.24) is 9.97 Å². The largest absolute Gasteiger partial charge is 0.257 e. The first-order valence-electron chi connectivity index (χ1n) is 3.36. The maximum atomic E-state index is 5.07. The minimum atomic E-state index is 0.713. The zero-order valence-electron chi connectivity index (χ0n) is 6.58. The van der Waals surface area contributed by atoms with Crippen LogP contribution in [0.3, 0.4) is 0 Å². The van der Waals surface area contributed by atoms with E-state index in [1.165, 1.54) is 0 Å². The summed E-state index contributed by atoms with van der Waals surface area (Å²) >= 11 is 3.23. The minimum Gasteiger partial charge on any atom is -0.257 e. The van der Waals surface area contributed by atoms with Gasteiger partial charge < -0.3 is 0 Å². The molecule has 0 saturated carbocycles. The van der Waals surface area contributed by atoms with Crippen LogP contribution in [0.15, 0.2) is 16.9 Å². The number of allylic oxidation sites excluding steroid dienone is 1. The van der Waals surface area contributed by atoms with Gasteiger partial charge in [-0.2, -0.15) is 0 Å². The molecule has 3 heteroatoms. The van der Waals surface area contributed by atoms with Gasteiger partial charge in [-0.1, -0.05) is 5.92 Å². The number of hydrogen-bond donors (Lipinski definition) is 0. The summed E-state index contributed by atoms with van der Waals surface area (Å²) in [6.45, 7) is 1.88. The molecule has 1 aromatic rings. The fourth-order valence-electron chi connectivity index (χ4n) is 0.726. The lowest BCUT2D eigenvalue weighted by atomic mass is 10.3. The molecule has 1 rings (SSSR count). The summed E-state index contributed by atoms with van der Waals surface area (Å²) in [6.07, 6.45) is 10.1. The van der Waals surface area contributed by atoms with Gasteiger partial charge in [0, 0.05) is 0 Å². The van der Waals surface area contributed by atoms with Crippen molar-refractivity contribution in [1.29, 1.82) is 0 Å².